The molecule has 0 fully saturated rings. The van der Waals surface area contributed by atoms with Gasteiger partial charge in [0.25, 0.3) is 0 Å². The highest BCUT2D eigenvalue weighted by Crippen LogP contribution is 2.53. The third-order valence-electron chi connectivity index (χ3n) is 15.0. The highest BCUT2D eigenvalue weighted by Gasteiger charge is 2.38. The Bertz CT molecular complexity index is 3480. The zero-order valence-electron chi connectivity index (χ0n) is 41.6. The van der Waals surface area contributed by atoms with Gasteiger partial charge in [0.05, 0.1) is 18.2 Å². The van der Waals surface area contributed by atoms with Crippen LogP contribution in [0.25, 0.3) is 51.4 Å². The summed E-state index contributed by atoms with van der Waals surface area (Å²) in [6, 6.07) is 71.2. The van der Waals surface area contributed by atoms with Gasteiger partial charge in [-0.3, -0.25) is 0 Å². The lowest BCUT2D eigenvalue weighted by molar-refractivity contribution is 0.660. The highest BCUT2D eigenvalue weighted by molar-refractivity contribution is 5.89. The summed E-state index contributed by atoms with van der Waals surface area (Å²) >= 11 is 0. The largest absolute Gasteiger partial charge is 0.310 e. The van der Waals surface area contributed by atoms with E-state index < -0.39 is 0 Å². The molecule has 4 nitrogen and oxygen atoms in total. The maximum atomic E-state index is 9.51. The molecule has 11 rings (SSSR count). The third-order valence-corrected chi connectivity index (χ3v) is 15.0. The predicted octanol–water partition coefficient (Wildman–Crippen LogP) is 18.6. The van der Waals surface area contributed by atoms with E-state index in [9.17, 15) is 5.26 Å². The van der Waals surface area contributed by atoms with Crippen molar-refractivity contribution in [3.63, 3.8) is 0 Å². The van der Waals surface area contributed by atoms with E-state index >= 15 is 0 Å². The molecular weight excluding hydrogens is 873 g/mol. The Morgan fingerprint density at radius 1 is 0.417 bits per heavy atom. The second kappa shape index (κ2) is 18.1. The van der Waals surface area contributed by atoms with Crippen LogP contribution in [0.15, 0.2) is 194 Å². The Labute approximate surface area is 424 Å². The van der Waals surface area contributed by atoms with Crippen molar-refractivity contribution < 1.29 is 0 Å². The first-order valence-corrected chi connectivity index (χ1v) is 24.7. The molecule has 0 N–H and O–H groups in total. The third kappa shape index (κ3) is 8.08. The van der Waals surface area contributed by atoms with Crippen LogP contribution in [0.4, 0.5) is 39.8 Å². The van der Waals surface area contributed by atoms with E-state index in [-0.39, 0.29) is 10.8 Å². The van der Waals surface area contributed by atoms with Crippen LogP contribution in [-0.2, 0) is 10.8 Å². The minimum absolute atomic E-state index is 0.205. The van der Waals surface area contributed by atoms with Crippen LogP contribution >= 0.6 is 0 Å². The molecule has 0 unspecified atom stereocenters. The maximum Gasteiger partial charge on any atom is 0.187 e. The molecule has 9 aromatic rings. The first-order chi connectivity index (χ1) is 34.9. The molecule has 0 saturated carbocycles. The minimum Gasteiger partial charge on any atom is -0.310 e. The summed E-state index contributed by atoms with van der Waals surface area (Å²) in [4.78, 5) is 8.24. The maximum absolute atomic E-state index is 9.51. The highest BCUT2D eigenvalue weighted by atomic mass is 15.1. The number of benzene rings is 9. The molecule has 0 saturated heterocycles. The monoisotopic (exact) mass is 926 g/mol. The standard InChI is InChI=1S/C68H54N4/c1-45-12-8-10-14-65(45)71(53-30-24-51(44-69)25-31-53)55-34-38-59-57-36-26-49(40-61(57)67(3,4)63(59)42-55)22-20-47-16-18-48(19-17-47)21-23-50-27-37-58-60-39-35-56(43-64(60)68(5,6)62(58)41-50)72(66-15-11-9-13-46(66)2)54-32-28-52(70-7)29-33-54/h8-43H,1-6H3/b22-20+,23-21+. The summed E-state index contributed by atoms with van der Waals surface area (Å²) in [6.45, 7) is 21.1. The van der Waals surface area contributed by atoms with Gasteiger partial charge in [0, 0.05) is 45.0 Å². The van der Waals surface area contributed by atoms with Crippen LogP contribution in [-0.4, -0.2) is 0 Å². The van der Waals surface area contributed by atoms with Crippen molar-refractivity contribution >= 4 is 64.1 Å². The second-order valence-corrected chi connectivity index (χ2v) is 20.2. The minimum atomic E-state index is -0.207. The molecule has 0 spiro atoms. The van der Waals surface area contributed by atoms with Gasteiger partial charge in [0.2, 0.25) is 0 Å². The van der Waals surface area contributed by atoms with Gasteiger partial charge in [-0.05, 0) is 165 Å². The SMILES string of the molecule is [C-]#[N+]c1ccc(N(c2ccc3c(c2)C(C)(C)c2cc(/C=C/c4ccc(/C=C/c5ccc6c(c5)C(C)(C)c5cc(N(c7ccc(C#N)cc7)c7ccccc7C)ccc5-6)cc4)ccc2-3)c2ccccc2C)cc1. The lowest BCUT2D eigenvalue weighted by Crippen LogP contribution is -2.17. The van der Waals surface area contributed by atoms with Crippen molar-refractivity contribution in [2.75, 3.05) is 9.80 Å². The average molecular weight is 927 g/mol. The van der Waals surface area contributed by atoms with Crippen molar-refractivity contribution in [1.82, 2.24) is 0 Å². The van der Waals surface area contributed by atoms with Crippen molar-refractivity contribution in [3.8, 4) is 28.3 Å². The summed E-state index contributed by atoms with van der Waals surface area (Å²) in [5, 5.41) is 9.51. The van der Waals surface area contributed by atoms with Crippen LogP contribution in [0.2, 0.25) is 0 Å². The van der Waals surface area contributed by atoms with E-state index in [0.717, 1.165) is 45.3 Å². The van der Waals surface area contributed by atoms with Gasteiger partial charge in [-0.15, -0.1) is 0 Å². The van der Waals surface area contributed by atoms with Crippen molar-refractivity contribution in [2.24, 2.45) is 0 Å². The number of aryl methyl sites for hydroxylation is 2. The topological polar surface area (TPSA) is 34.6 Å². The van der Waals surface area contributed by atoms with Crippen LogP contribution in [0, 0.1) is 31.8 Å². The van der Waals surface area contributed by atoms with Crippen LogP contribution in [0.1, 0.15) is 88.9 Å². The molecule has 0 aromatic heterocycles. The average Bonchev–Trinajstić information content (AvgIpc) is 3.77. The molecule has 9 aromatic carbocycles. The fourth-order valence-corrected chi connectivity index (χ4v) is 10.9. The number of hydrogen-bond acceptors (Lipinski definition) is 3. The molecule has 2 aliphatic carbocycles. The fourth-order valence-electron chi connectivity index (χ4n) is 10.9. The lowest BCUT2D eigenvalue weighted by atomic mass is 9.81. The smallest absolute Gasteiger partial charge is 0.187 e. The van der Waals surface area contributed by atoms with Gasteiger partial charge in [-0.2, -0.15) is 5.26 Å². The molecule has 0 bridgehead atoms. The second-order valence-electron chi connectivity index (χ2n) is 20.2. The van der Waals surface area contributed by atoms with Gasteiger partial charge < -0.3 is 9.80 Å². The van der Waals surface area contributed by atoms with Crippen LogP contribution in [0.3, 0.4) is 0 Å². The molecule has 72 heavy (non-hydrogen) atoms. The quantitative estimate of drug-likeness (QED) is 0.101. The van der Waals surface area contributed by atoms with E-state index in [1.54, 1.807) is 0 Å². The molecule has 346 valence electrons. The molecule has 0 atom stereocenters. The fraction of sp³-hybridized carbons (Fsp3) is 0.118. The summed E-state index contributed by atoms with van der Waals surface area (Å²) in [5.74, 6) is 0. The van der Waals surface area contributed by atoms with Crippen LogP contribution in [0.5, 0.6) is 0 Å². The van der Waals surface area contributed by atoms with E-state index in [2.05, 4.69) is 232 Å². The first-order valence-electron chi connectivity index (χ1n) is 24.7. The van der Waals surface area contributed by atoms with Gasteiger partial charge in [0.15, 0.2) is 5.69 Å². The predicted molar refractivity (Wildman–Crippen MR) is 302 cm³/mol. The molecule has 4 heteroatoms. The normalized spacial score (nSPS) is 13.5. The Morgan fingerprint density at radius 3 is 1.17 bits per heavy atom. The Hall–Kier alpha value is -8.96. The first kappa shape index (κ1) is 45.5. The van der Waals surface area contributed by atoms with Gasteiger partial charge in [-0.25, -0.2) is 4.85 Å². The van der Waals surface area contributed by atoms with Gasteiger partial charge >= 0.3 is 0 Å². The van der Waals surface area contributed by atoms with Crippen molar-refractivity contribution in [3.05, 3.63) is 267 Å². The Balaban J connectivity index is 0.802. The van der Waals surface area contributed by atoms with Crippen molar-refractivity contribution in [2.45, 2.75) is 52.4 Å². The van der Waals surface area contributed by atoms with Crippen LogP contribution < -0.4 is 9.80 Å². The molecule has 0 heterocycles. The van der Waals surface area contributed by atoms with Gasteiger partial charge in [0.1, 0.15) is 0 Å². The van der Waals surface area contributed by atoms with E-state index in [0.29, 0.717) is 11.3 Å². The summed E-state index contributed by atoms with van der Waals surface area (Å²) < 4.78 is 0. The lowest BCUT2D eigenvalue weighted by Gasteiger charge is -2.29. The summed E-state index contributed by atoms with van der Waals surface area (Å²) in [6.07, 6.45) is 8.86. The Kier molecular flexibility index (Phi) is 11.4. The number of rotatable bonds is 10. The Morgan fingerprint density at radius 2 is 0.764 bits per heavy atom. The number of hydrogen-bond donors (Lipinski definition) is 0. The number of fused-ring (bicyclic) bond motifs is 6. The molecule has 0 amide bonds. The van der Waals surface area contributed by atoms with Gasteiger partial charge in [-0.1, -0.05) is 173 Å². The number of para-hydroxylation sites is 2. The molecule has 0 aliphatic heterocycles. The number of nitriles is 1. The van der Waals surface area contributed by atoms with E-state index in [1.165, 1.54) is 66.8 Å². The number of nitrogens with zero attached hydrogens (tertiary/aromatic N) is 4. The molecular formula is C68H54N4. The molecule has 2 aliphatic rings. The molecule has 0 radical (unpaired) electrons. The zero-order valence-corrected chi connectivity index (χ0v) is 41.6. The van der Waals surface area contributed by atoms with E-state index in [1.807, 2.05) is 48.5 Å². The summed E-state index contributed by atoms with van der Waals surface area (Å²) in [5.41, 5.74) is 24.7. The number of anilines is 6. The van der Waals surface area contributed by atoms with Crippen molar-refractivity contribution in [1.29, 1.82) is 5.26 Å². The summed E-state index contributed by atoms with van der Waals surface area (Å²) in [7, 11) is 0. The zero-order chi connectivity index (χ0) is 49.7. The van der Waals surface area contributed by atoms with E-state index in [4.69, 9.17) is 6.57 Å².